The highest BCUT2D eigenvalue weighted by Gasteiger charge is 2.21. The van der Waals surface area contributed by atoms with Gasteiger partial charge in [-0.05, 0) is 64.8 Å². The number of nitrogens with two attached hydrogens (primary N) is 1. The zero-order valence-corrected chi connectivity index (χ0v) is 14.1. The lowest BCUT2D eigenvalue weighted by Crippen LogP contribution is -2.37. The Kier molecular flexibility index (Phi) is 5.65. The zero-order valence-electron chi connectivity index (χ0n) is 14.1. The Labute approximate surface area is 130 Å². The maximum absolute atomic E-state index is 6.03. The lowest BCUT2D eigenvalue weighted by Gasteiger charge is -2.36. The van der Waals surface area contributed by atoms with Crippen molar-refractivity contribution in [3.8, 4) is 0 Å². The second-order valence-corrected chi connectivity index (χ2v) is 7.01. The first-order chi connectivity index (χ1) is 9.95. The Hall–Kier alpha value is -1.06. The fourth-order valence-electron chi connectivity index (χ4n) is 3.41. The van der Waals surface area contributed by atoms with Gasteiger partial charge in [0.2, 0.25) is 0 Å². The second-order valence-electron chi connectivity index (χ2n) is 7.01. The number of benzene rings is 1. The first-order valence-electron chi connectivity index (χ1n) is 8.20. The number of aryl methyl sites for hydroxylation is 1. The van der Waals surface area contributed by atoms with Gasteiger partial charge in [0.15, 0.2) is 0 Å². The molecule has 0 amide bonds. The van der Waals surface area contributed by atoms with Gasteiger partial charge in [-0.3, -0.25) is 0 Å². The number of rotatable bonds is 5. The van der Waals surface area contributed by atoms with Crippen LogP contribution in [0.2, 0.25) is 0 Å². The molecule has 1 aliphatic rings. The van der Waals surface area contributed by atoms with Crippen molar-refractivity contribution in [1.29, 1.82) is 0 Å². The molecule has 1 aromatic rings. The summed E-state index contributed by atoms with van der Waals surface area (Å²) in [4.78, 5) is 4.87. The molecule has 3 heteroatoms. The molecule has 3 nitrogen and oxygen atoms in total. The quantitative estimate of drug-likeness (QED) is 0.904. The fraction of sp³-hybridized carbons (Fsp3) is 0.667. The van der Waals surface area contributed by atoms with Gasteiger partial charge in [0.05, 0.1) is 0 Å². The molecule has 1 saturated heterocycles. The maximum Gasteiger partial charge on any atom is 0.0399 e. The van der Waals surface area contributed by atoms with Gasteiger partial charge in [-0.1, -0.05) is 17.7 Å². The van der Waals surface area contributed by atoms with Crippen molar-refractivity contribution in [2.24, 2.45) is 11.7 Å². The van der Waals surface area contributed by atoms with E-state index in [9.17, 15) is 0 Å². The third kappa shape index (κ3) is 4.72. The van der Waals surface area contributed by atoms with E-state index in [1.54, 1.807) is 0 Å². The minimum absolute atomic E-state index is 0.219. The van der Waals surface area contributed by atoms with Crippen LogP contribution in [0.4, 0.5) is 5.69 Å². The smallest absolute Gasteiger partial charge is 0.0399 e. The zero-order chi connectivity index (χ0) is 15.4. The van der Waals surface area contributed by atoms with Crippen molar-refractivity contribution in [2.75, 3.05) is 38.6 Å². The van der Waals surface area contributed by atoms with Crippen molar-refractivity contribution in [1.82, 2.24) is 4.90 Å². The van der Waals surface area contributed by atoms with E-state index in [-0.39, 0.29) is 6.04 Å². The van der Waals surface area contributed by atoms with E-state index in [1.165, 1.54) is 49.3 Å². The monoisotopic (exact) mass is 289 g/mol. The van der Waals surface area contributed by atoms with Gasteiger partial charge >= 0.3 is 0 Å². The Morgan fingerprint density at radius 3 is 2.52 bits per heavy atom. The highest BCUT2D eigenvalue weighted by molar-refractivity contribution is 5.55. The molecule has 118 valence electrons. The lowest BCUT2D eigenvalue weighted by atomic mass is 9.94. The van der Waals surface area contributed by atoms with Crippen LogP contribution in [0.1, 0.15) is 30.9 Å². The molecule has 0 radical (unpaired) electrons. The minimum Gasteiger partial charge on any atom is -0.371 e. The van der Waals surface area contributed by atoms with Gasteiger partial charge in [-0.25, -0.2) is 0 Å². The topological polar surface area (TPSA) is 32.5 Å². The summed E-state index contributed by atoms with van der Waals surface area (Å²) in [5, 5.41) is 0. The van der Waals surface area contributed by atoms with Crippen LogP contribution in [-0.2, 0) is 6.42 Å². The first-order valence-corrected chi connectivity index (χ1v) is 8.20. The van der Waals surface area contributed by atoms with Crippen molar-refractivity contribution in [3.63, 3.8) is 0 Å². The third-order valence-corrected chi connectivity index (χ3v) is 4.36. The molecule has 1 heterocycles. The predicted molar refractivity (Wildman–Crippen MR) is 92.0 cm³/mol. The summed E-state index contributed by atoms with van der Waals surface area (Å²) in [6.07, 6.45) is 3.56. The minimum atomic E-state index is 0.219. The molecule has 0 aromatic heterocycles. The second kappa shape index (κ2) is 7.28. The first kappa shape index (κ1) is 16.3. The summed E-state index contributed by atoms with van der Waals surface area (Å²) in [6, 6.07) is 7.05. The van der Waals surface area contributed by atoms with Crippen molar-refractivity contribution < 1.29 is 0 Å². The molecule has 0 aliphatic carbocycles. The number of piperidine rings is 1. The van der Waals surface area contributed by atoms with E-state index < -0.39 is 0 Å². The normalized spacial score (nSPS) is 18.3. The molecule has 2 N–H and O–H groups in total. The summed E-state index contributed by atoms with van der Waals surface area (Å²) < 4.78 is 0. The van der Waals surface area contributed by atoms with E-state index in [0.29, 0.717) is 0 Å². The molecular formula is C18H31N3. The predicted octanol–water partition coefficient (Wildman–Crippen LogP) is 2.66. The van der Waals surface area contributed by atoms with Gasteiger partial charge in [-0.15, -0.1) is 0 Å². The SMILES string of the molecule is Cc1ccc(N2CCC(CN(C)C)CC2)c(CC(C)N)c1. The van der Waals surface area contributed by atoms with Gasteiger partial charge in [-0.2, -0.15) is 0 Å². The molecule has 2 rings (SSSR count). The summed E-state index contributed by atoms with van der Waals surface area (Å²) >= 11 is 0. The molecule has 1 fully saturated rings. The van der Waals surface area contributed by atoms with E-state index >= 15 is 0 Å². The van der Waals surface area contributed by atoms with Crippen molar-refractivity contribution >= 4 is 5.69 Å². The molecule has 0 saturated carbocycles. The van der Waals surface area contributed by atoms with Crippen LogP contribution >= 0.6 is 0 Å². The summed E-state index contributed by atoms with van der Waals surface area (Å²) in [5.74, 6) is 0.846. The van der Waals surface area contributed by atoms with Crippen LogP contribution in [0.5, 0.6) is 0 Å². The average Bonchev–Trinajstić information content (AvgIpc) is 2.39. The largest absolute Gasteiger partial charge is 0.371 e. The molecular weight excluding hydrogens is 258 g/mol. The van der Waals surface area contributed by atoms with E-state index in [2.05, 4.69) is 55.9 Å². The lowest BCUT2D eigenvalue weighted by molar-refractivity contribution is 0.285. The molecule has 1 atom stereocenters. The van der Waals surface area contributed by atoms with Crippen LogP contribution in [0.3, 0.4) is 0 Å². The Bertz CT molecular complexity index is 446. The highest BCUT2D eigenvalue weighted by Crippen LogP contribution is 2.28. The molecule has 0 bridgehead atoms. The molecule has 0 spiro atoms. The third-order valence-electron chi connectivity index (χ3n) is 4.36. The molecule has 1 aromatic carbocycles. The highest BCUT2D eigenvalue weighted by atomic mass is 15.1. The standard InChI is InChI=1S/C18H31N3/c1-14-5-6-18(17(11-14)12-15(2)19)21-9-7-16(8-10-21)13-20(3)4/h5-6,11,15-16H,7-10,12-13,19H2,1-4H3. The summed E-state index contributed by atoms with van der Waals surface area (Å²) in [6.45, 7) is 7.82. The van der Waals surface area contributed by atoms with Crippen LogP contribution < -0.4 is 10.6 Å². The van der Waals surface area contributed by atoms with Crippen LogP contribution in [0.15, 0.2) is 18.2 Å². The summed E-state index contributed by atoms with van der Waals surface area (Å²) in [7, 11) is 4.35. The van der Waals surface area contributed by atoms with Gasteiger partial charge in [0.25, 0.3) is 0 Å². The van der Waals surface area contributed by atoms with E-state index in [1.807, 2.05) is 0 Å². The average molecular weight is 289 g/mol. The van der Waals surface area contributed by atoms with Crippen molar-refractivity contribution in [2.45, 2.75) is 39.2 Å². The molecule has 21 heavy (non-hydrogen) atoms. The Morgan fingerprint density at radius 1 is 1.29 bits per heavy atom. The number of hydrogen-bond acceptors (Lipinski definition) is 3. The van der Waals surface area contributed by atoms with Crippen molar-refractivity contribution in [3.05, 3.63) is 29.3 Å². The van der Waals surface area contributed by atoms with Crippen LogP contribution in [0, 0.1) is 12.8 Å². The Balaban J connectivity index is 2.05. The van der Waals surface area contributed by atoms with E-state index in [0.717, 1.165) is 12.3 Å². The summed E-state index contributed by atoms with van der Waals surface area (Å²) in [5.41, 5.74) is 10.2. The van der Waals surface area contributed by atoms with E-state index in [4.69, 9.17) is 5.73 Å². The van der Waals surface area contributed by atoms with Crippen LogP contribution in [-0.4, -0.2) is 44.7 Å². The fourth-order valence-corrected chi connectivity index (χ4v) is 3.41. The van der Waals surface area contributed by atoms with Gasteiger partial charge < -0.3 is 15.5 Å². The van der Waals surface area contributed by atoms with Crippen LogP contribution in [0.25, 0.3) is 0 Å². The number of anilines is 1. The number of nitrogens with zero attached hydrogens (tertiary/aromatic N) is 2. The Morgan fingerprint density at radius 2 is 1.95 bits per heavy atom. The maximum atomic E-state index is 6.03. The molecule has 1 aliphatic heterocycles. The number of hydrogen-bond donors (Lipinski definition) is 1. The molecule has 1 unspecified atom stereocenters. The van der Waals surface area contributed by atoms with Gasteiger partial charge in [0, 0.05) is 31.4 Å². The van der Waals surface area contributed by atoms with Gasteiger partial charge in [0.1, 0.15) is 0 Å².